The van der Waals surface area contributed by atoms with Gasteiger partial charge in [-0.15, -0.1) is 0 Å². The Morgan fingerprint density at radius 2 is 2.08 bits per heavy atom. The van der Waals surface area contributed by atoms with E-state index in [4.69, 9.17) is 0 Å². The van der Waals surface area contributed by atoms with E-state index in [0.29, 0.717) is 32.0 Å². The van der Waals surface area contributed by atoms with E-state index >= 15 is 0 Å². The van der Waals surface area contributed by atoms with Crippen LogP contribution in [0.5, 0.6) is 0 Å². The third-order valence-electron chi connectivity index (χ3n) is 4.17. The Morgan fingerprint density at radius 3 is 2.73 bits per heavy atom. The number of para-hydroxylation sites is 1. The largest absolute Gasteiger partial charge is 0.336 e. The molecule has 138 valence electrons. The number of anilines is 1. The third kappa shape index (κ3) is 4.14. The van der Waals surface area contributed by atoms with Gasteiger partial charge in [-0.1, -0.05) is 32.0 Å². The maximum absolute atomic E-state index is 12.2. The van der Waals surface area contributed by atoms with Crippen molar-refractivity contribution < 1.29 is 9.59 Å². The highest BCUT2D eigenvalue weighted by atomic mass is 16.2. The van der Waals surface area contributed by atoms with Gasteiger partial charge in [0, 0.05) is 32.2 Å². The summed E-state index contributed by atoms with van der Waals surface area (Å²) < 4.78 is 1.73. The number of nitrogens with zero attached hydrogens (tertiary/aromatic N) is 3. The molecule has 0 unspecified atom stereocenters. The highest BCUT2D eigenvalue weighted by molar-refractivity contribution is 5.88. The lowest BCUT2D eigenvalue weighted by atomic mass is 10.1. The Kier molecular flexibility index (Phi) is 5.40. The van der Waals surface area contributed by atoms with Crippen molar-refractivity contribution in [3.05, 3.63) is 42.1 Å². The number of carbonyl (C=O) groups excluding carboxylic acids is 2. The van der Waals surface area contributed by atoms with E-state index in [0.717, 1.165) is 11.4 Å². The molecule has 3 rings (SSSR count). The number of urea groups is 2. The zero-order chi connectivity index (χ0) is 18.5. The molecule has 1 aromatic carbocycles. The standard InChI is InChI=1S/C18H24N6O2/c1-13(2)15-12-16(24(22-15)14-6-4-3-5-7-14)21-17(25)19-8-10-23-11-9-20-18(23)26/h3-7,12-13H,8-11H2,1-2H3,(H,20,26)(H2,19,21,25). The minimum Gasteiger partial charge on any atom is -0.336 e. The second-order valence-corrected chi connectivity index (χ2v) is 6.46. The number of benzene rings is 1. The summed E-state index contributed by atoms with van der Waals surface area (Å²) in [6, 6.07) is 11.1. The van der Waals surface area contributed by atoms with Crippen LogP contribution in [-0.2, 0) is 0 Å². The molecule has 8 heteroatoms. The van der Waals surface area contributed by atoms with E-state index in [1.54, 1.807) is 9.58 Å². The highest BCUT2D eigenvalue weighted by Gasteiger charge is 2.19. The molecule has 8 nitrogen and oxygen atoms in total. The Labute approximate surface area is 152 Å². The molecular formula is C18H24N6O2. The summed E-state index contributed by atoms with van der Waals surface area (Å²) in [7, 11) is 0. The Hall–Kier alpha value is -3.03. The van der Waals surface area contributed by atoms with Crippen molar-refractivity contribution in [2.45, 2.75) is 19.8 Å². The minimum atomic E-state index is -0.322. The summed E-state index contributed by atoms with van der Waals surface area (Å²) in [6.45, 7) is 6.30. The van der Waals surface area contributed by atoms with Gasteiger partial charge in [0.05, 0.1) is 11.4 Å². The molecular weight excluding hydrogens is 332 g/mol. The SMILES string of the molecule is CC(C)c1cc(NC(=O)NCCN2CCNC2=O)n(-c2ccccc2)n1. The smallest absolute Gasteiger partial charge is 0.320 e. The van der Waals surface area contributed by atoms with Gasteiger partial charge in [-0.3, -0.25) is 5.32 Å². The van der Waals surface area contributed by atoms with Crippen LogP contribution in [0, 0.1) is 0 Å². The van der Waals surface area contributed by atoms with Crippen LogP contribution in [0.1, 0.15) is 25.5 Å². The van der Waals surface area contributed by atoms with Crippen molar-refractivity contribution in [2.24, 2.45) is 0 Å². The fourth-order valence-electron chi connectivity index (χ4n) is 2.73. The molecule has 0 bridgehead atoms. The fourth-order valence-corrected chi connectivity index (χ4v) is 2.73. The van der Waals surface area contributed by atoms with Crippen LogP contribution < -0.4 is 16.0 Å². The predicted octanol–water partition coefficient (Wildman–Crippen LogP) is 2.14. The second kappa shape index (κ2) is 7.90. The van der Waals surface area contributed by atoms with Gasteiger partial charge in [-0.05, 0) is 18.1 Å². The fraction of sp³-hybridized carbons (Fsp3) is 0.389. The molecule has 1 fully saturated rings. The van der Waals surface area contributed by atoms with E-state index in [-0.39, 0.29) is 18.0 Å². The first-order chi connectivity index (χ1) is 12.5. The van der Waals surface area contributed by atoms with Crippen LogP contribution in [0.2, 0.25) is 0 Å². The molecule has 26 heavy (non-hydrogen) atoms. The van der Waals surface area contributed by atoms with Gasteiger partial charge in [0.1, 0.15) is 5.82 Å². The van der Waals surface area contributed by atoms with Gasteiger partial charge in [-0.2, -0.15) is 5.10 Å². The first kappa shape index (κ1) is 17.8. The summed E-state index contributed by atoms with van der Waals surface area (Å²) >= 11 is 0. The molecule has 1 aromatic heterocycles. The van der Waals surface area contributed by atoms with Crippen molar-refractivity contribution in [1.82, 2.24) is 25.3 Å². The molecule has 1 aliphatic rings. The van der Waals surface area contributed by atoms with Crippen LogP contribution in [0.25, 0.3) is 5.69 Å². The zero-order valence-electron chi connectivity index (χ0n) is 15.0. The van der Waals surface area contributed by atoms with Gasteiger partial charge in [0.15, 0.2) is 0 Å². The van der Waals surface area contributed by atoms with Crippen molar-refractivity contribution in [2.75, 3.05) is 31.5 Å². The quantitative estimate of drug-likeness (QED) is 0.740. The van der Waals surface area contributed by atoms with E-state index in [9.17, 15) is 9.59 Å². The summed E-state index contributed by atoms with van der Waals surface area (Å²) in [4.78, 5) is 25.4. The first-order valence-electron chi connectivity index (χ1n) is 8.77. The average molecular weight is 356 g/mol. The van der Waals surface area contributed by atoms with Gasteiger partial charge in [0.25, 0.3) is 0 Å². The number of hydrogen-bond acceptors (Lipinski definition) is 3. The third-order valence-corrected chi connectivity index (χ3v) is 4.17. The Bertz CT molecular complexity index is 771. The topological polar surface area (TPSA) is 91.3 Å². The molecule has 1 saturated heterocycles. The van der Waals surface area contributed by atoms with Gasteiger partial charge in [-0.25, -0.2) is 14.3 Å². The van der Waals surface area contributed by atoms with E-state index in [1.165, 1.54) is 0 Å². The van der Waals surface area contributed by atoms with Gasteiger partial charge >= 0.3 is 12.1 Å². The first-order valence-corrected chi connectivity index (χ1v) is 8.77. The van der Waals surface area contributed by atoms with Crippen molar-refractivity contribution in [1.29, 1.82) is 0 Å². The number of aromatic nitrogens is 2. The zero-order valence-corrected chi connectivity index (χ0v) is 15.0. The van der Waals surface area contributed by atoms with Crippen molar-refractivity contribution in [3.8, 4) is 5.69 Å². The van der Waals surface area contributed by atoms with Crippen LogP contribution in [0.4, 0.5) is 15.4 Å². The van der Waals surface area contributed by atoms with E-state index in [1.807, 2.05) is 36.4 Å². The molecule has 0 atom stereocenters. The number of amides is 4. The highest BCUT2D eigenvalue weighted by Crippen LogP contribution is 2.21. The number of hydrogen-bond donors (Lipinski definition) is 3. The molecule has 0 aliphatic carbocycles. The summed E-state index contributed by atoms with van der Waals surface area (Å²) in [5, 5.41) is 13.0. The maximum atomic E-state index is 12.2. The van der Waals surface area contributed by atoms with Crippen LogP contribution in [0.3, 0.4) is 0 Å². The average Bonchev–Trinajstić information content (AvgIpc) is 3.22. The van der Waals surface area contributed by atoms with Crippen molar-refractivity contribution >= 4 is 17.9 Å². The maximum Gasteiger partial charge on any atom is 0.320 e. The number of nitrogens with one attached hydrogen (secondary N) is 3. The lowest BCUT2D eigenvalue weighted by Gasteiger charge is -2.15. The number of rotatable bonds is 6. The summed E-state index contributed by atoms with van der Waals surface area (Å²) in [5.41, 5.74) is 1.78. The van der Waals surface area contributed by atoms with Crippen LogP contribution >= 0.6 is 0 Å². The minimum absolute atomic E-state index is 0.0871. The van der Waals surface area contributed by atoms with Crippen LogP contribution in [0.15, 0.2) is 36.4 Å². The number of carbonyl (C=O) groups is 2. The monoisotopic (exact) mass is 356 g/mol. The summed E-state index contributed by atoms with van der Waals surface area (Å²) in [6.07, 6.45) is 0. The molecule has 1 aliphatic heterocycles. The molecule has 4 amide bonds. The molecule has 0 spiro atoms. The molecule has 0 saturated carbocycles. The summed E-state index contributed by atoms with van der Waals surface area (Å²) in [5.74, 6) is 0.855. The lowest BCUT2D eigenvalue weighted by Crippen LogP contribution is -2.38. The molecule has 0 radical (unpaired) electrons. The second-order valence-electron chi connectivity index (χ2n) is 6.46. The van der Waals surface area contributed by atoms with Gasteiger partial charge < -0.3 is 15.5 Å². The Balaban J connectivity index is 1.64. The molecule has 2 heterocycles. The van der Waals surface area contributed by atoms with E-state index < -0.39 is 0 Å². The van der Waals surface area contributed by atoms with E-state index in [2.05, 4.69) is 34.9 Å². The Morgan fingerprint density at radius 1 is 1.31 bits per heavy atom. The molecule has 2 aromatic rings. The lowest BCUT2D eigenvalue weighted by molar-refractivity contribution is 0.216. The van der Waals surface area contributed by atoms with Gasteiger partial charge in [0.2, 0.25) is 0 Å². The van der Waals surface area contributed by atoms with Crippen molar-refractivity contribution in [3.63, 3.8) is 0 Å². The normalized spacial score (nSPS) is 13.8. The predicted molar refractivity (Wildman–Crippen MR) is 99.6 cm³/mol. The molecule has 3 N–H and O–H groups in total. The van der Waals surface area contributed by atoms with Crippen LogP contribution in [-0.4, -0.2) is 52.9 Å².